The first kappa shape index (κ1) is 24.2. The van der Waals surface area contributed by atoms with Gasteiger partial charge in [0.1, 0.15) is 18.1 Å². The van der Waals surface area contributed by atoms with Gasteiger partial charge in [0.2, 0.25) is 16.0 Å². The molecule has 0 radical (unpaired) electrons. The summed E-state index contributed by atoms with van der Waals surface area (Å²) in [5.74, 6) is -0.624. The molecule has 0 aliphatic carbocycles. The lowest BCUT2D eigenvalue weighted by atomic mass is 10.1. The molecule has 1 N–H and O–H groups in total. The number of sulfonamides is 1. The third-order valence-electron chi connectivity index (χ3n) is 6.18. The molecule has 0 bridgehead atoms. The van der Waals surface area contributed by atoms with Gasteiger partial charge >= 0.3 is 0 Å². The Kier molecular flexibility index (Phi) is 6.37. The number of anilines is 4. The minimum Gasteiger partial charge on any atom is -0.486 e. The lowest BCUT2D eigenvalue weighted by Gasteiger charge is -2.34. The van der Waals surface area contributed by atoms with Crippen LogP contribution in [0.5, 0.6) is 5.75 Å². The monoisotopic (exact) mass is 516 g/mol. The van der Waals surface area contributed by atoms with Crippen LogP contribution in [0.3, 0.4) is 0 Å². The van der Waals surface area contributed by atoms with E-state index in [9.17, 15) is 17.2 Å². The Bertz CT molecular complexity index is 1390. The van der Waals surface area contributed by atoms with E-state index in [1.807, 2.05) is 18.7 Å². The predicted octanol–water partition coefficient (Wildman–Crippen LogP) is 4.10. The minimum atomic E-state index is -3.35. The van der Waals surface area contributed by atoms with Gasteiger partial charge in [-0.3, -0.25) is 4.31 Å². The smallest absolute Gasteiger partial charge is 0.235 e. The number of halogens is 2. The summed E-state index contributed by atoms with van der Waals surface area (Å²) in [6, 6.07) is 6.20. The van der Waals surface area contributed by atoms with Crippen molar-refractivity contribution in [1.82, 2.24) is 15.0 Å². The molecule has 0 atom stereocenters. The van der Waals surface area contributed by atoms with Crippen molar-refractivity contribution in [2.75, 3.05) is 40.0 Å². The maximum atomic E-state index is 14.9. The van der Waals surface area contributed by atoms with Gasteiger partial charge in [-0.05, 0) is 51.0 Å². The zero-order valence-electron chi connectivity index (χ0n) is 19.9. The molecule has 9 nitrogen and oxygen atoms in total. The standard InChI is InChI=1S/C24H26F2N6O3S/c1-15(2)31-8-9-35-23-18(25)11-16(12-20(23)31)22-19(26)14-28-24(30-22)29-21-6-5-17(13-27-21)32-7-3-4-10-36(32,33)34/h5-6,11-15H,3-4,7-10H2,1-2H3,(H,27,28,29,30). The van der Waals surface area contributed by atoms with Gasteiger partial charge < -0.3 is 15.0 Å². The second kappa shape index (κ2) is 9.49. The third-order valence-corrected chi connectivity index (χ3v) is 8.05. The molecule has 0 unspecified atom stereocenters. The highest BCUT2D eigenvalue weighted by atomic mass is 32.2. The Balaban J connectivity index is 1.42. The van der Waals surface area contributed by atoms with E-state index in [-0.39, 0.29) is 34.7 Å². The zero-order chi connectivity index (χ0) is 25.4. The Morgan fingerprint density at radius 1 is 1.06 bits per heavy atom. The highest BCUT2D eigenvalue weighted by Gasteiger charge is 2.27. The van der Waals surface area contributed by atoms with E-state index in [1.54, 1.807) is 18.2 Å². The van der Waals surface area contributed by atoms with Gasteiger partial charge in [0.15, 0.2) is 17.4 Å². The van der Waals surface area contributed by atoms with Crippen molar-refractivity contribution >= 4 is 33.2 Å². The molecule has 0 spiro atoms. The predicted molar refractivity (Wildman–Crippen MR) is 133 cm³/mol. The van der Waals surface area contributed by atoms with Gasteiger partial charge in [-0.25, -0.2) is 32.2 Å². The van der Waals surface area contributed by atoms with Crippen LogP contribution in [0.25, 0.3) is 11.3 Å². The Morgan fingerprint density at radius 2 is 1.89 bits per heavy atom. The average Bonchev–Trinajstić information content (AvgIpc) is 2.85. The fourth-order valence-corrected chi connectivity index (χ4v) is 6.03. The number of aromatic nitrogens is 3. The fraction of sp³-hybridized carbons (Fsp3) is 0.375. The van der Waals surface area contributed by atoms with Crippen LogP contribution >= 0.6 is 0 Å². The Morgan fingerprint density at radius 3 is 2.61 bits per heavy atom. The average molecular weight is 517 g/mol. The van der Waals surface area contributed by atoms with Crippen molar-refractivity contribution < 1.29 is 21.9 Å². The fourth-order valence-electron chi connectivity index (χ4n) is 4.41. The summed E-state index contributed by atoms with van der Waals surface area (Å²) in [7, 11) is -3.35. The third kappa shape index (κ3) is 4.64. The minimum absolute atomic E-state index is 0.0624. The van der Waals surface area contributed by atoms with Gasteiger partial charge in [-0.1, -0.05) is 0 Å². The molecule has 190 valence electrons. The number of hydrogen-bond donors (Lipinski definition) is 1. The summed E-state index contributed by atoms with van der Waals surface area (Å²) in [6.45, 7) is 5.36. The first-order valence-electron chi connectivity index (χ1n) is 11.7. The van der Waals surface area contributed by atoms with E-state index < -0.39 is 21.7 Å². The van der Waals surface area contributed by atoms with E-state index in [0.29, 0.717) is 43.3 Å². The number of nitrogens with zero attached hydrogens (tertiary/aromatic N) is 5. The molecule has 3 aromatic rings. The topological polar surface area (TPSA) is 101 Å². The number of hydrogen-bond acceptors (Lipinski definition) is 8. The van der Waals surface area contributed by atoms with Crippen LogP contribution in [0, 0.1) is 11.6 Å². The molecule has 1 saturated heterocycles. The molecule has 1 fully saturated rings. The van der Waals surface area contributed by atoms with Gasteiger partial charge in [-0.15, -0.1) is 0 Å². The Hall–Kier alpha value is -3.54. The Labute approximate surface area is 208 Å². The number of benzene rings is 1. The molecule has 2 aliphatic rings. The van der Waals surface area contributed by atoms with Crippen molar-refractivity contribution in [1.29, 1.82) is 0 Å². The summed E-state index contributed by atoms with van der Waals surface area (Å²) < 4.78 is 61.2. The van der Waals surface area contributed by atoms with Crippen LogP contribution in [0.15, 0.2) is 36.7 Å². The van der Waals surface area contributed by atoms with E-state index in [2.05, 4.69) is 20.3 Å². The number of nitrogens with one attached hydrogen (secondary N) is 1. The number of fused-ring (bicyclic) bond motifs is 1. The molecule has 0 saturated carbocycles. The maximum Gasteiger partial charge on any atom is 0.235 e. The molecule has 2 aliphatic heterocycles. The van der Waals surface area contributed by atoms with Gasteiger partial charge in [0.05, 0.1) is 36.1 Å². The molecule has 2 aromatic heterocycles. The second-order valence-corrected chi connectivity index (χ2v) is 11.0. The summed E-state index contributed by atoms with van der Waals surface area (Å²) in [6.07, 6.45) is 3.89. The number of rotatable bonds is 5. The highest BCUT2D eigenvalue weighted by molar-refractivity contribution is 7.92. The second-order valence-electron chi connectivity index (χ2n) is 8.95. The van der Waals surface area contributed by atoms with E-state index in [0.717, 1.165) is 12.6 Å². The van der Waals surface area contributed by atoms with Crippen molar-refractivity contribution in [2.45, 2.75) is 32.7 Å². The molecule has 12 heteroatoms. The van der Waals surface area contributed by atoms with E-state index in [4.69, 9.17) is 4.74 Å². The van der Waals surface area contributed by atoms with Gasteiger partial charge in [0.25, 0.3) is 0 Å². The van der Waals surface area contributed by atoms with Gasteiger partial charge in [0, 0.05) is 18.2 Å². The lowest BCUT2D eigenvalue weighted by molar-refractivity contribution is 0.287. The van der Waals surface area contributed by atoms with Crippen LogP contribution in [-0.2, 0) is 10.0 Å². The normalized spacial score (nSPS) is 17.0. The van der Waals surface area contributed by atoms with Crippen LogP contribution in [-0.4, -0.2) is 54.9 Å². The first-order chi connectivity index (χ1) is 17.2. The van der Waals surface area contributed by atoms with Crippen LogP contribution in [0.1, 0.15) is 26.7 Å². The molecule has 4 heterocycles. The largest absolute Gasteiger partial charge is 0.486 e. The maximum absolute atomic E-state index is 14.9. The van der Waals surface area contributed by atoms with E-state index in [1.165, 1.54) is 16.6 Å². The van der Waals surface area contributed by atoms with Crippen LogP contribution in [0.2, 0.25) is 0 Å². The number of ether oxygens (including phenoxy) is 1. The van der Waals surface area contributed by atoms with Crippen LogP contribution < -0.4 is 19.3 Å². The molecule has 0 amide bonds. The molecule has 36 heavy (non-hydrogen) atoms. The quantitative estimate of drug-likeness (QED) is 0.541. The van der Waals surface area contributed by atoms with Crippen molar-refractivity contribution in [2.24, 2.45) is 0 Å². The lowest BCUT2D eigenvalue weighted by Crippen LogP contribution is -2.38. The van der Waals surface area contributed by atoms with E-state index >= 15 is 0 Å². The zero-order valence-corrected chi connectivity index (χ0v) is 20.7. The molecule has 5 rings (SSSR count). The van der Waals surface area contributed by atoms with Crippen molar-refractivity contribution in [3.05, 3.63) is 48.3 Å². The summed E-state index contributed by atoms with van der Waals surface area (Å²) in [4.78, 5) is 14.5. The summed E-state index contributed by atoms with van der Waals surface area (Å²) in [5, 5.41) is 2.90. The SMILES string of the molecule is CC(C)N1CCOc2c(F)cc(-c3nc(Nc4ccc(N5CCCCS5(=O)=O)cn4)ncc3F)cc21. The first-order valence-corrected chi connectivity index (χ1v) is 13.3. The number of pyridine rings is 1. The van der Waals surface area contributed by atoms with Gasteiger partial charge in [-0.2, -0.15) is 0 Å². The van der Waals surface area contributed by atoms with Crippen molar-refractivity contribution in [3.63, 3.8) is 0 Å². The highest BCUT2D eigenvalue weighted by Crippen LogP contribution is 2.39. The summed E-state index contributed by atoms with van der Waals surface area (Å²) >= 11 is 0. The molecule has 1 aromatic carbocycles. The van der Waals surface area contributed by atoms with Crippen LogP contribution in [0.4, 0.5) is 31.9 Å². The summed E-state index contributed by atoms with van der Waals surface area (Å²) in [5.41, 5.74) is 1.20. The molecular weight excluding hydrogens is 490 g/mol. The molecular formula is C24H26F2N6O3S. The van der Waals surface area contributed by atoms with Crippen molar-refractivity contribution in [3.8, 4) is 17.0 Å².